The standard InChI is InChI=1S/C18H14N2O4/c1-11(21)19-16-10-17(18(22)23)20-15-8-7-13(9-14(15)16)24-12-5-3-2-4-6-12/h2-10H,1H3,(H,22,23)(H,19,20,21). The first kappa shape index (κ1) is 15.5. The summed E-state index contributed by atoms with van der Waals surface area (Å²) >= 11 is 0. The number of nitrogens with one attached hydrogen (secondary N) is 1. The van der Waals surface area contributed by atoms with Crippen molar-refractivity contribution in [2.75, 3.05) is 5.32 Å². The van der Waals surface area contributed by atoms with Gasteiger partial charge in [0.05, 0.1) is 11.2 Å². The molecule has 1 aromatic heterocycles. The van der Waals surface area contributed by atoms with Gasteiger partial charge in [0.2, 0.25) is 5.91 Å². The summed E-state index contributed by atoms with van der Waals surface area (Å²) in [5.41, 5.74) is 0.699. The molecule has 2 N–H and O–H groups in total. The smallest absolute Gasteiger partial charge is 0.354 e. The van der Waals surface area contributed by atoms with Crippen LogP contribution in [0.15, 0.2) is 54.6 Å². The van der Waals surface area contributed by atoms with Crippen molar-refractivity contribution in [1.29, 1.82) is 0 Å². The summed E-state index contributed by atoms with van der Waals surface area (Å²) in [4.78, 5) is 26.7. The Kier molecular flexibility index (Phi) is 4.11. The van der Waals surface area contributed by atoms with Crippen LogP contribution in [0.2, 0.25) is 0 Å². The molecular weight excluding hydrogens is 308 g/mol. The molecule has 0 radical (unpaired) electrons. The van der Waals surface area contributed by atoms with Gasteiger partial charge in [0.15, 0.2) is 5.69 Å². The van der Waals surface area contributed by atoms with Crippen LogP contribution in [0, 0.1) is 0 Å². The summed E-state index contributed by atoms with van der Waals surface area (Å²) in [5, 5.41) is 12.4. The van der Waals surface area contributed by atoms with Gasteiger partial charge in [0.1, 0.15) is 11.5 Å². The largest absolute Gasteiger partial charge is 0.477 e. The van der Waals surface area contributed by atoms with Crippen LogP contribution in [-0.2, 0) is 4.79 Å². The van der Waals surface area contributed by atoms with Crippen LogP contribution < -0.4 is 10.1 Å². The van der Waals surface area contributed by atoms with E-state index in [2.05, 4.69) is 10.3 Å². The van der Waals surface area contributed by atoms with Crippen molar-refractivity contribution < 1.29 is 19.4 Å². The number of aromatic nitrogens is 1. The fourth-order valence-corrected chi connectivity index (χ4v) is 2.30. The average molecular weight is 322 g/mol. The summed E-state index contributed by atoms with van der Waals surface area (Å²) in [5.74, 6) is -0.223. The first-order chi connectivity index (χ1) is 11.5. The number of para-hydroxylation sites is 1. The number of benzene rings is 2. The van der Waals surface area contributed by atoms with E-state index in [0.717, 1.165) is 0 Å². The van der Waals surface area contributed by atoms with E-state index in [0.29, 0.717) is 28.1 Å². The second kappa shape index (κ2) is 6.37. The highest BCUT2D eigenvalue weighted by atomic mass is 16.5. The second-order valence-corrected chi connectivity index (χ2v) is 5.14. The van der Waals surface area contributed by atoms with Crippen LogP contribution in [0.4, 0.5) is 5.69 Å². The van der Waals surface area contributed by atoms with Crippen molar-refractivity contribution in [1.82, 2.24) is 4.98 Å². The molecule has 24 heavy (non-hydrogen) atoms. The Morgan fingerprint density at radius 1 is 1.04 bits per heavy atom. The minimum Gasteiger partial charge on any atom is -0.477 e. The van der Waals surface area contributed by atoms with Gasteiger partial charge in [-0.05, 0) is 36.4 Å². The van der Waals surface area contributed by atoms with E-state index >= 15 is 0 Å². The number of ether oxygens (including phenoxy) is 1. The average Bonchev–Trinajstić information content (AvgIpc) is 2.55. The molecule has 0 saturated heterocycles. The maximum absolute atomic E-state index is 11.4. The number of carboxylic acids is 1. The monoisotopic (exact) mass is 322 g/mol. The van der Waals surface area contributed by atoms with Crippen molar-refractivity contribution >= 4 is 28.5 Å². The number of carbonyl (C=O) groups excluding carboxylic acids is 1. The lowest BCUT2D eigenvalue weighted by Gasteiger charge is -2.11. The molecule has 0 aliphatic rings. The van der Waals surface area contributed by atoms with E-state index in [4.69, 9.17) is 9.84 Å². The van der Waals surface area contributed by atoms with E-state index in [1.165, 1.54) is 13.0 Å². The normalized spacial score (nSPS) is 10.4. The van der Waals surface area contributed by atoms with E-state index in [1.54, 1.807) is 18.2 Å². The quantitative estimate of drug-likeness (QED) is 0.765. The van der Waals surface area contributed by atoms with Crippen LogP contribution in [0.3, 0.4) is 0 Å². The first-order valence-corrected chi connectivity index (χ1v) is 7.21. The molecule has 0 unspecified atom stereocenters. The fourth-order valence-electron chi connectivity index (χ4n) is 2.30. The number of hydrogen-bond acceptors (Lipinski definition) is 4. The van der Waals surface area contributed by atoms with Crippen molar-refractivity contribution in [2.45, 2.75) is 6.92 Å². The highest BCUT2D eigenvalue weighted by Crippen LogP contribution is 2.30. The highest BCUT2D eigenvalue weighted by Gasteiger charge is 2.13. The number of hydrogen-bond donors (Lipinski definition) is 2. The number of carboxylic acid groups (broad SMARTS) is 1. The number of nitrogens with zero attached hydrogens (tertiary/aromatic N) is 1. The molecular formula is C18H14N2O4. The Bertz CT molecular complexity index is 923. The van der Waals surface area contributed by atoms with Crippen molar-refractivity contribution in [2.24, 2.45) is 0 Å². The van der Waals surface area contributed by atoms with Crippen molar-refractivity contribution in [3.63, 3.8) is 0 Å². The van der Waals surface area contributed by atoms with Gasteiger partial charge >= 0.3 is 5.97 Å². The topological polar surface area (TPSA) is 88.5 Å². The number of carbonyl (C=O) groups is 2. The van der Waals surface area contributed by atoms with Gasteiger partial charge < -0.3 is 15.2 Å². The molecule has 0 spiro atoms. The lowest BCUT2D eigenvalue weighted by Crippen LogP contribution is -2.09. The predicted molar refractivity (Wildman–Crippen MR) is 89.5 cm³/mol. The molecule has 0 aliphatic heterocycles. The molecule has 0 fully saturated rings. The number of aromatic carboxylic acids is 1. The number of fused-ring (bicyclic) bond motifs is 1. The summed E-state index contributed by atoms with van der Waals surface area (Å²) in [6, 6.07) is 15.7. The zero-order valence-corrected chi connectivity index (χ0v) is 12.8. The minimum absolute atomic E-state index is 0.136. The Morgan fingerprint density at radius 3 is 2.46 bits per heavy atom. The van der Waals surface area contributed by atoms with E-state index in [-0.39, 0.29) is 11.6 Å². The van der Waals surface area contributed by atoms with Gasteiger partial charge in [-0.15, -0.1) is 0 Å². The van der Waals surface area contributed by atoms with E-state index in [9.17, 15) is 9.59 Å². The van der Waals surface area contributed by atoms with Gasteiger partial charge in [-0.1, -0.05) is 18.2 Å². The van der Waals surface area contributed by atoms with Gasteiger partial charge in [0.25, 0.3) is 0 Å². The molecule has 6 nitrogen and oxygen atoms in total. The lowest BCUT2D eigenvalue weighted by molar-refractivity contribution is -0.114. The number of rotatable bonds is 4. The zero-order valence-electron chi connectivity index (χ0n) is 12.8. The van der Waals surface area contributed by atoms with Gasteiger partial charge in [0, 0.05) is 12.3 Å². The SMILES string of the molecule is CC(=O)Nc1cc(C(=O)O)nc2ccc(Oc3ccccc3)cc12. The number of anilines is 1. The molecule has 0 aliphatic carbocycles. The van der Waals surface area contributed by atoms with Gasteiger partial charge in [-0.25, -0.2) is 9.78 Å². The van der Waals surface area contributed by atoms with Crippen molar-refractivity contribution in [3.8, 4) is 11.5 Å². The third kappa shape index (κ3) is 3.33. The highest BCUT2D eigenvalue weighted by molar-refractivity contribution is 6.03. The van der Waals surface area contributed by atoms with E-state index < -0.39 is 5.97 Å². The predicted octanol–water partition coefficient (Wildman–Crippen LogP) is 3.68. The molecule has 3 aromatic rings. The summed E-state index contributed by atoms with van der Waals surface area (Å²) in [6.07, 6.45) is 0. The van der Waals surface area contributed by atoms with Crippen LogP contribution in [0.1, 0.15) is 17.4 Å². The zero-order chi connectivity index (χ0) is 17.1. The first-order valence-electron chi connectivity index (χ1n) is 7.21. The lowest BCUT2D eigenvalue weighted by atomic mass is 10.1. The molecule has 0 atom stereocenters. The van der Waals surface area contributed by atoms with Crippen LogP contribution >= 0.6 is 0 Å². The number of amides is 1. The van der Waals surface area contributed by atoms with E-state index in [1.807, 2.05) is 30.3 Å². The number of pyridine rings is 1. The summed E-state index contributed by atoms with van der Waals surface area (Å²) < 4.78 is 5.77. The molecule has 2 aromatic carbocycles. The molecule has 6 heteroatoms. The second-order valence-electron chi connectivity index (χ2n) is 5.14. The maximum atomic E-state index is 11.4. The van der Waals surface area contributed by atoms with Crippen LogP contribution in [0.5, 0.6) is 11.5 Å². The van der Waals surface area contributed by atoms with Gasteiger partial charge in [-0.3, -0.25) is 4.79 Å². The molecule has 120 valence electrons. The third-order valence-electron chi connectivity index (χ3n) is 3.29. The summed E-state index contributed by atoms with van der Waals surface area (Å²) in [6.45, 7) is 1.36. The van der Waals surface area contributed by atoms with Crippen LogP contribution in [0.25, 0.3) is 10.9 Å². The fraction of sp³-hybridized carbons (Fsp3) is 0.0556. The molecule has 0 bridgehead atoms. The van der Waals surface area contributed by atoms with Crippen molar-refractivity contribution in [3.05, 3.63) is 60.3 Å². The molecule has 3 rings (SSSR count). The third-order valence-corrected chi connectivity index (χ3v) is 3.29. The molecule has 1 heterocycles. The minimum atomic E-state index is -1.16. The van der Waals surface area contributed by atoms with Crippen LogP contribution in [-0.4, -0.2) is 22.0 Å². The summed E-state index contributed by atoms with van der Waals surface area (Å²) in [7, 11) is 0. The van der Waals surface area contributed by atoms with Gasteiger partial charge in [-0.2, -0.15) is 0 Å². The maximum Gasteiger partial charge on any atom is 0.354 e. The molecule has 1 amide bonds. The Labute approximate surface area is 137 Å². The Morgan fingerprint density at radius 2 is 1.79 bits per heavy atom. The molecule has 0 saturated carbocycles. The Hall–Kier alpha value is -3.41. The Balaban J connectivity index is 2.08.